The molecular weight excluding hydrogens is 130 g/mol. The fraction of sp³-hybridized carbons (Fsp3) is 0. The SMILES string of the molecule is C=Cc1ccc(C(=O)O)[nH]1. The van der Waals surface area contributed by atoms with Crippen LogP contribution in [-0.2, 0) is 0 Å². The Hall–Kier alpha value is -1.51. The van der Waals surface area contributed by atoms with Crippen LogP contribution < -0.4 is 0 Å². The maximum atomic E-state index is 10.3. The van der Waals surface area contributed by atoms with Gasteiger partial charge in [-0.25, -0.2) is 4.79 Å². The number of hydrogen-bond donors (Lipinski definition) is 2. The van der Waals surface area contributed by atoms with Gasteiger partial charge in [-0.15, -0.1) is 0 Å². The molecule has 0 saturated heterocycles. The van der Waals surface area contributed by atoms with E-state index < -0.39 is 5.97 Å². The lowest BCUT2D eigenvalue weighted by molar-refractivity contribution is 0.0691. The molecule has 3 nitrogen and oxygen atoms in total. The van der Waals surface area contributed by atoms with Crippen molar-refractivity contribution < 1.29 is 9.90 Å². The van der Waals surface area contributed by atoms with E-state index in [1.54, 1.807) is 12.1 Å². The van der Waals surface area contributed by atoms with Crippen LogP contribution in [0, 0.1) is 0 Å². The third-order valence-electron chi connectivity index (χ3n) is 1.16. The van der Waals surface area contributed by atoms with Crippen molar-refractivity contribution >= 4 is 12.0 Å². The standard InChI is InChI=1S/C7H7NO2/c1-2-5-3-4-6(8-5)7(9)10/h2-4,8H,1H2,(H,9,10). The van der Waals surface area contributed by atoms with Crippen molar-refractivity contribution in [1.82, 2.24) is 4.98 Å². The van der Waals surface area contributed by atoms with Crippen molar-refractivity contribution in [3.8, 4) is 0 Å². The molecule has 0 aliphatic carbocycles. The van der Waals surface area contributed by atoms with Gasteiger partial charge >= 0.3 is 5.97 Å². The third kappa shape index (κ3) is 1.07. The molecule has 0 unspecified atom stereocenters. The summed E-state index contributed by atoms with van der Waals surface area (Å²) in [7, 11) is 0. The number of H-pyrrole nitrogens is 1. The molecule has 0 amide bonds. The molecule has 1 rings (SSSR count). The second kappa shape index (κ2) is 2.39. The van der Waals surface area contributed by atoms with Crippen molar-refractivity contribution in [3.63, 3.8) is 0 Å². The smallest absolute Gasteiger partial charge is 0.352 e. The Labute approximate surface area is 58.0 Å². The summed E-state index contributed by atoms with van der Waals surface area (Å²) >= 11 is 0. The number of carboxylic acid groups (broad SMARTS) is 1. The number of nitrogens with one attached hydrogen (secondary N) is 1. The lowest BCUT2D eigenvalue weighted by atomic mass is 10.4. The average Bonchev–Trinajstić information content (AvgIpc) is 2.34. The van der Waals surface area contributed by atoms with Crippen molar-refractivity contribution in [2.24, 2.45) is 0 Å². The molecule has 0 bridgehead atoms. The lowest BCUT2D eigenvalue weighted by Crippen LogP contribution is -1.95. The predicted octanol–water partition coefficient (Wildman–Crippen LogP) is 1.36. The molecule has 0 spiro atoms. The fourth-order valence-corrected chi connectivity index (χ4v) is 0.656. The quantitative estimate of drug-likeness (QED) is 0.646. The van der Waals surface area contributed by atoms with E-state index in [0.717, 1.165) is 5.69 Å². The molecule has 1 aromatic heterocycles. The highest BCUT2D eigenvalue weighted by molar-refractivity contribution is 5.85. The van der Waals surface area contributed by atoms with Gasteiger partial charge in [0.25, 0.3) is 0 Å². The van der Waals surface area contributed by atoms with Crippen LogP contribution in [0.15, 0.2) is 18.7 Å². The first-order chi connectivity index (χ1) is 4.74. The van der Waals surface area contributed by atoms with Gasteiger partial charge in [0.15, 0.2) is 0 Å². The Morgan fingerprint density at radius 3 is 2.70 bits per heavy atom. The molecule has 10 heavy (non-hydrogen) atoms. The van der Waals surface area contributed by atoms with Crippen LogP contribution >= 0.6 is 0 Å². The van der Waals surface area contributed by atoms with E-state index in [2.05, 4.69) is 11.6 Å². The van der Waals surface area contributed by atoms with E-state index in [1.165, 1.54) is 6.07 Å². The first-order valence-electron chi connectivity index (χ1n) is 2.79. The molecule has 52 valence electrons. The van der Waals surface area contributed by atoms with Gasteiger partial charge in [-0.2, -0.15) is 0 Å². The van der Waals surface area contributed by atoms with Gasteiger partial charge in [0.1, 0.15) is 5.69 Å². The van der Waals surface area contributed by atoms with Crippen LogP contribution in [-0.4, -0.2) is 16.1 Å². The molecule has 0 atom stereocenters. The number of carboxylic acids is 1. The third-order valence-corrected chi connectivity index (χ3v) is 1.16. The number of aromatic carboxylic acids is 1. The summed E-state index contributed by atoms with van der Waals surface area (Å²) < 4.78 is 0. The Morgan fingerprint density at radius 2 is 2.40 bits per heavy atom. The molecule has 2 N–H and O–H groups in total. The number of rotatable bonds is 2. The molecule has 3 heteroatoms. The van der Waals surface area contributed by atoms with Crippen molar-refractivity contribution in [2.75, 3.05) is 0 Å². The van der Waals surface area contributed by atoms with Crippen LogP contribution in [0.3, 0.4) is 0 Å². The Morgan fingerprint density at radius 1 is 1.70 bits per heavy atom. The predicted molar refractivity (Wildman–Crippen MR) is 37.8 cm³/mol. The van der Waals surface area contributed by atoms with Crippen LogP contribution in [0.2, 0.25) is 0 Å². The number of aromatic amines is 1. The number of aromatic nitrogens is 1. The van der Waals surface area contributed by atoms with Gasteiger partial charge in [-0.05, 0) is 18.2 Å². The van der Waals surface area contributed by atoms with Crippen LogP contribution in [0.25, 0.3) is 6.08 Å². The van der Waals surface area contributed by atoms with Crippen molar-refractivity contribution in [2.45, 2.75) is 0 Å². The fourth-order valence-electron chi connectivity index (χ4n) is 0.656. The lowest BCUT2D eigenvalue weighted by Gasteiger charge is -1.84. The molecule has 1 heterocycles. The van der Waals surface area contributed by atoms with Gasteiger partial charge in [0, 0.05) is 5.69 Å². The second-order valence-electron chi connectivity index (χ2n) is 1.84. The first kappa shape index (κ1) is 6.61. The minimum Gasteiger partial charge on any atom is -0.477 e. The largest absolute Gasteiger partial charge is 0.477 e. The second-order valence-corrected chi connectivity index (χ2v) is 1.84. The summed E-state index contributed by atoms with van der Waals surface area (Å²) in [6.45, 7) is 3.48. The van der Waals surface area contributed by atoms with Crippen LogP contribution in [0.1, 0.15) is 16.2 Å². The summed E-state index contributed by atoms with van der Waals surface area (Å²) in [5.74, 6) is -0.951. The highest BCUT2D eigenvalue weighted by Gasteiger charge is 2.02. The molecule has 0 aromatic carbocycles. The van der Waals surface area contributed by atoms with E-state index >= 15 is 0 Å². The summed E-state index contributed by atoms with van der Waals surface area (Å²) in [6.07, 6.45) is 1.56. The summed E-state index contributed by atoms with van der Waals surface area (Å²) in [5, 5.41) is 8.43. The highest BCUT2D eigenvalue weighted by atomic mass is 16.4. The Bertz CT molecular complexity index is 262. The maximum absolute atomic E-state index is 10.3. The summed E-state index contributed by atoms with van der Waals surface area (Å²) in [6, 6.07) is 3.16. The van der Waals surface area contributed by atoms with Crippen LogP contribution in [0.5, 0.6) is 0 Å². The van der Waals surface area contributed by atoms with Gasteiger partial charge in [0.2, 0.25) is 0 Å². The molecule has 1 aromatic rings. The van der Waals surface area contributed by atoms with Crippen molar-refractivity contribution in [3.05, 3.63) is 30.1 Å². The zero-order chi connectivity index (χ0) is 7.56. The van der Waals surface area contributed by atoms with Crippen LogP contribution in [0.4, 0.5) is 0 Å². The Kier molecular flexibility index (Phi) is 1.58. The van der Waals surface area contributed by atoms with Crippen molar-refractivity contribution in [1.29, 1.82) is 0 Å². The summed E-state index contributed by atoms with van der Waals surface area (Å²) in [4.78, 5) is 12.9. The molecular formula is C7H7NO2. The Balaban J connectivity index is 2.98. The number of carbonyl (C=O) groups is 1. The van der Waals surface area contributed by atoms with Gasteiger partial charge in [0.05, 0.1) is 0 Å². The topological polar surface area (TPSA) is 53.1 Å². The molecule has 0 fully saturated rings. The molecule has 0 aliphatic heterocycles. The normalized spacial score (nSPS) is 9.20. The van der Waals surface area contributed by atoms with Gasteiger partial charge in [-0.1, -0.05) is 6.58 Å². The van der Waals surface area contributed by atoms with Gasteiger partial charge in [-0.3, -0.25) is 0 Å². The van der Waals surface area contributed by atoms with Gasteiger partial charge < -0.3 is 10.1 Å². The zero-order valence-electron chi connectivity index (χ0n) is 5.29. The zero-order valence-corrected chi connectivity index (χ0v) is 5.29. The summed E-state index contributed by atoms with van der Waals surface area (Å²) in [5.41, 5.74) is 0.910. The van der Waals surface area contributed by atoms with E-state index in [4.69, 9.17) is 5.11 Å². The minimum atomic E-state index is -0.951. The van der Waals surface area contributed by atoms with E-state index in [1.807, 2.05) is 0 Å². The van der Waals surface area contributed by atoms with E-state index in [0.29, 0.717) is 0 Å². The maximum Gasteiger partial charge on any atom is 0.352 e. The minimum absolute atomic E-state index is 0.190. The monoisotopic (exact) mass is 137 g/mol. The molecule has 0 aliphatic rings. The highest BCUT2D eigenvalue weighted by Crippen LogP contribution is 2.01. The molecule has 0 radical (unpaired) electrons. The average molecular weight is 137 g/mol. The number of hydrogen-bond acceptors (Lipinski definition) is 1. The molecule has 0 saturated carbocycles. The van der Waals surface area contributed by atoms with E-state index in [9.17, 15) is 4.79 Å². The first-order valence-corrected chi connectivity index (χ1v) is 2.79. The van der Waals surface area contributed by atoms with E-state index in [-0.39, 0.29) is 5.69 Å².